The minimum Gasteiger partial charge on any atom is -0.859 e. The number of aromatic amines is 2. The summed E-state index contributed by atoms with van der Waals surface area (Å²) in [7, 11) is 1.59. The lowest BCUT2D eigenvalue weighted by Gasteiger charge is -2.33. The molecule has 1 aliphatic rings. The van der Waals surface area contributed by atoms with Gasteiger partial charge in [0.1, 0.15) is 18.3 Å². The van der Waals surface area contributed by atoms with Crippen LogP contribution in [0.4, 0.5) is 0 Å². The number of methoxy groups -OCH3 is 1. The third-order valence-corrected chi connectivity index (χ3v) is 10.8. The van der Waals surface area contributed by atoms with Gasteiger partial charge >= 0.3 is 0 Å². The van der Waals surface area contributed by atoms with Crippen LogP contribution in [0.5, 0.6) is 17.5 Å². The normalized spacial score (nSPS) is 16.2. The highest BCUT2D eigenvalue weighted by molar-refractivity contribution is 7.71. The number of nitrogens with one attached hydrogen (secondary N) is 3. The zero-order valence-corrected chi connectivity index (χ0v) is 31.7. The molecule has 3 atom stereocenters. The fourth-order valence-corrected chi connectivity index (χ4v) is 8.12. The van der Waals surface area contributed by atoms with Gasteiger partial charge in [-0.1, -0.05) is 47.5 Å². The lowest BCUT2D eigenvalue weighted by Crippen LogP contribution is -3.11. The molecule has 0 spiro atoms. The van der Waals surface area contributed by atoms with Crippen molar-refractivity contribution in [2.75, 3.05) is 13.7 Å². The number of H-pyrrole nitrogens is 2. The molecule has 11 nitrogen and oxygen atoms in total. The van der Waals surface area contributed by atoms with Crippen molar-refractivity contribution in [1.82, 2.24) is 24.1 Å². The van der Waals surface area contributed by atoms with Crippen LogP contribution >= 0.6 is 24.4 Å². The number of quaternary nitrogens is 1. The monoisotopic (exact) mass is 760 g/mol. The number of hydrogen-bond acceptors (Lipinski definition) is 8. The van der Waals surface area contributed by atoms with Crippen molar-refractivity contribution in [3.05, 3.63) is 160 Å². The smallest absolute Gasteiger partial charge is 0.259 e. The summed E-state index contributed by atoms with van der Waals surface area (Å²) in [6, 6.07) is 23.9. The summed E-state index contributed by atoms with van der Waals surface area (Å²) in [6.07, 6.45) is 6.81. The molecule has 3 aromatic carbocycles. The number of piperidine rings is 1. The number of ether oxygens (including phenoxy) is 1. The summed E-state index contributed by atoms with van der Waals surface area (Å²) in [5.74, 6) is -1.98. The van der Waals surface area contributed by atoms with E-state index < -0.39 is 28.8 Å². The lowest BCUT2D eigenvalue weighted by atomic mass is 9.85. The Bertz CT molecular complexity index is 2440. The van der Waals surface area contributed by atoms with Gasteiger partial charge in [0.25, 0.3) is 11.1 Å². The van der Waals surface area contributed by atoms with E-state index in [0.29, 0.717) is 29.2 Å². The van der Waals surface area contributed by atoms with Crippen LogP contribution in [0, 0.1) is 23.4 Å². The molecule has 0 aliphatic carbocycles. The molecule has 0 bridgehead atoms. The van der Waals surface area contributed by atoms with Crippen molar-refractivity contribution < 1.29 is 19.8 Å². The van der Waals surface area contributed by atoms with Gasteiger partial charge in [-0.25, -0.2) is 0 Å². The van der Waals surface area contributed by atoms with Gasteiger partial charge in [0, 0.05) is 41.2 Å². The minimum absolute atomic E-state index is 0.0544. The Labute approximate surface area is 321 Å². The number of aromatic nitrogens is 5. The summed E-state index contributed by atoms with van der Waals surface area (Å²) in [6.45, 7) is 5.31. The second-order valence-electron chi connectivity index (χ2n) is 13.7. The quantitative estimate of drug-likeness (QED) is 0.144. The lowest BCUT2D eigenvalue weighted by molar-refractivity contribution is -0.950. The van der Waals surface area contributed by atoms with Gasteiger partial charge in [-0.15, -0.1) is 0 Å². The largest absolute Gasteiger partial charge is 0.859 e. The van der Waals surface area contributed by atoms with Crippen LogP contribution in [0.2, 0.25) is 0 Å². The number of aromatic hydroxyl groups is 1. The average molecular weight is 761 g/mol. The van der Waals surface area contributed by atoms with Crippen LogP contribution in [0.15, 0.2) is 101 Å². The zero-order valence-electron chi connectivity index (χ0n) is 30.1. The third kappa shape index (κ3) is 7.05. The Hall–Kier alpha value is -5.63. The summed E-state index contributed by atoms with van der Waals surface area (Å²) in [4.78, 5) is 39.3. The number of nitrogens with zero attached hydrogens (tertiary/aromatic N) is 3. The molecular formula is C41H40N6O5S2. The van der Waals surface area contributed by atoms with E-state index in [1.54, 1.807) is 49.7 Å². The molecule has 1 saturated heterocycles. The van der Waals surface area contributed by atoms with Gasteiger partial charge in [0.15, 0.2) is 9.54 Å². The molecule has 0 saturated carbocycles. The molecule has 276 valence electrons. The van der Waals surface area contributed by atoms with Crippen molar-refractivity contribution in [3.63, 3.8) is 0 Å². The Morgan fingerprint density at radius 1 is 0.907 bits per heavy atom. The average Bonchev–Trinajstić information content (AvgIpc) is 3.16. The van der Waals surface area contributed by atoms with Gasteiger partial charge in [-0.2, -0.15) is 0 Å². The van der Waals surface area contributed by atoms with Gasteiger partial charge in [0.2, 0.25) is 5.88 Å². The Kier molecular flexibility index (Phi) is 10.5. The Morgan fingerprint density at radius 2 is 1.54 bits per heavy atom. The summed E-state index contributed by atoms with van der Waals surface area (Å²) >= 11 is 11.1. The minimum atomic E-state index is -1.36. The van der Waals surface area contributed by atoms with Crippen molar-refractivity contribution in [2.45, 2.75) is 51.6 Å². The second kappa shape index (κ2) is 15.4. The first-order valence-electron chi connectivity index (χ1n) is 17.8. The van der Waals surface area contributed by atoms with Crippen LogP contribution < -0.4 is 25.9 Å². The fraction of sp³-hybridized carbons (Fsp3) is 0.244. The molecule has 1 fully saturated rings. The molecule has 4 heterocycles. The molecule has 6 aromatic rings. The fourth-order valence-electron chi connectivity index (χ4n) is 7.56. The standard InChI is InChI=1S/C41H40N6O5S2/c1-24-9-14-29(15-10-24)46-38(50)34(36(48)43-40(46)53)33(35-37(49)44-41(54)47(39(35)51)30-16-11-25(2)12-17-30)26-13-18-32(52-3)28(21-26)23-45-20-5-4-8-31(45)27-7-6-19-42-22-27/h6-7,9-19,21-22,31,33,50-51H,4-5,8,20,23H2,1-3H3,(H,43,48,53)(H,44,49,54). The third-order valence-electron chi connectivity index (χ3n) is 10.3. The van der Waals surface area contributed by atoms with Crippen LogP contribution in [-0.4, -0.2) is 42.8 Å². The van der Waals surface area contributed by atoms with Crippen LogP contribution in [-0.2, 0) is 6.54 Å². The van der Waals surface area contributed by atoms with E-state index in [4.69, 9.17) is 29.2 Å². The van der Waals surface area contributed by atoms with Crippen molar-refractivity contribution in [2.24, 2.45) is 0 Å². The first kappa shape index (κ1) is 36.7. The Morgan fingerprint density at radius 3 is 2.17 bits per heavy atom. The predicted octanol–water partition coefficient (Wildman–Crippen LogP) is 5.39. The maximum atomic E-state index is 14.7. The molecule has 3 unspecified atom stereocenters. The predicted molar refractivity (Wildman–Crippen MR) is 209 cm³/mol. The van der Waals surface area contributed by atoms with Crippen molar-refractivity contribution >= 4 is 24.4 Å². The number of rotatable bonds is 9. The highest BCUT2D eigenvalue weighted by Crippen LogP contribution is 2.39. The van der Waals surface area contributed by atoms with E-state index in [-0.39, 0.29) is 26.7 Å². The molecule has 4 N–H and O–H groups in total. The van der Waals surface area contributed by atoms with Crippen molar-refractivity contribution in [3.8, 4) is 28.9 Å². The van der Waals surface area contributed by atoms with E-state index in [9.17, 15) is 19.8 Å². The van der Waals surface area contributed by atoms with Crippen LogP contribution in [0.1, 0.15) is 70.2 Å². The maximum absolute atomic E-state index is 14.7. The number of benzene rings is 3. The highest BCUT2D eigenvalue weighted by atomic mass is 32.1. The zero-order chi connectivity index (χ0) is 38.1. The molecule has 0 radical (unpaired) electrons. The number of pyridine rings is 1. The van der Waals surface area contributed by atoms with E-state index in [1.807, 2.05) is 56.4 Å². The van der Waals surface area contributed by atoms with E-state index in [0.717, 1.165) is 48.1 Å². The topological polar surface area (TPSA) is 145 Å². The summed E-state index contributed by atoms with van der Waals surface area (Å²) < 4.78 is 8.27. The van der Waals surface area contributed by atoms with Gasteiger partial charge in [-0.3, -0.25) is 29.1 Å². The molecular weight excluding hydrogens is 721 g/mol. The van der Waals surface area contributed by atoms with Gasteiger partial charge < -0.3 is 24.4 Å². The molecule has 13 heteroatoms. The second-order valence-corrected chi connectivity index (χ2v) is 14.5. The summed E-state index contributed by atoms with van der Waals surface area (Å²) in [5.41, 5.74) is 3.19. The molecule has 0 amide bonds. The first-order chi connectivity index (χ1) is 26.0. The van der Waals surface area contributed by atoms with Gasteiger partial charge in [0.05, 0.1) is 30.8 Å². The number of likely N-dealkylation sites (tertiary alicyclic amines) is 1. The maximum Gasteiger partial charge on any atom is 0.259 e. The van der Waals surface area contributed by atoms with Crippen LogP contribution in [0.3, 0.4) is 0 Å². The SMILES string of the molecule is COc1ccc(C(c2c([O-])n(-c3ccc(C)cc3)c(=S)[nH]c2=O)c2c(O)n(-c3ccc(C)cc3)c(=S)[nH]c2=O)cc1C[NH+]1CCCCC1c1cccnc1. The molecule has 1 aliphatic heterocycles. The number of hydrogen-bond donors (Lipinski definition) is 4. The molecule has 3 aromatic heterocycles. The molecule has 54 heavy (non-hydrogen) atoms. The van der Waals surface area contributed by atoms with Gasteiger partial charge in [-0.05, 0) is 105 Å². The number of aryl methyl sites for hydroxylation is 2. The summed E-state index contributed by atoms with van der Waals surface area (Å²) in [5, 5.41) is 26.8. The highest BCUT2D eigenvalue weighted by Gasteiger charge is 2.33. The van der Waals surface area contributed by atoms with Crippen molar-refractivity contribution in [1.29, 1.82) is 0 Å². The van der Waals surface area contributed by atoms with E-state index in [1.165, 1.54) is 14.0 Å². The molecule has 7 rings (SSSR count). The van der Waals surface area contributed by atoms with Crippen LogP contribution in [0.25, 0.3) is 11.4 Å². The first-order valence-corrected chi connectivity index (χ1v) is 18.6. The van der Waals surface area contributed by atoms with E-state index in [2.05, 4.69) is 21.0 Å². The van der Waals surface area contributed by atoms with E-state index >= 15 is 0 Å². The Balaban J connectivity index is 1.47.